The lowest BCUT2D eigenvalue weighted by Gasteiger charge is -2.00. The highest BCUT2D eigenvalue weighted by Crippen LogP contribution is 2.02. The normalized spacial score (nSPS) is 11.5. The molecule has 0 saturated carbocycles. The molecule has 0 fully saturated rings. The topological polar surface area (TPSA) is 96.6 Å². The van der Waals surface area contributed by atoms with Gasteiger partial charge in [0, 0.05) is 6.07 Å². The van der Waals surface area contributed by atoms with Crippen LogP contribution in [0.2, 0.25) is 0 Å². The summed E-state index contributed by atoms with van der Waals surface area (Å²) in [6, 6.07) is 1.02. The molecule has 1 aromatic heterocycles. The first-order chi connectivity index (χ1) is 6.38. The maximum absolute atomic E-state index is 10.9. The lowest BCUT2D eigenvalue weighted by Crippen LogP contribution is -2.21. The summed E-state index contributed by atoms with van der Waals surface area (Å²) in [4.78, 5) is 10.9. The fourth-order valence-corrected chi connectivity index (χ4v) is 1.14. The molecule has 1 heterocycles. The molecule has 0 bridgehead atoms. The zero-order valence-corrected chi connectivity index (χ0v) is 8.17. The minimum atomic E-state index is -3.32. The van der Waals surface area contributed by atoms with Gasteiger partial charge in [-0.25, -0.2) is 13.1 Å². The van der Waals surface area contributed by atoms with Gasteiger partial charge in [0.25, 0.3) is 0 Å². The summed E-state index contributed by atoms with van der Waals surface area (Å²) in [5, 5.41) is 8.83. The fourth-order valence-electron chi connectivity index (χ4n) is 0.739. The molecule has 78 valence electrons. The average Bonchev–Trinajstić information content (AvgIpc) is 2.06. The van der Waals surface area contributed by atoms with Gasteiger partial charge in [-0.15, -0.1) is 0 Å². The van der Waals surface area contributed by atoms with Crippen LogP contribution in [0.4, 0.5) is 0 Å². The van der Waals surface area contributed by atoms with E-state index < -0.39 is 21.2 Å². The molecular formula is C7H9NO5S. The van der Waals surface area contributed by atoms with Crippen LogP contribution in [0.1, 0.15) is 5.76 Å². The van der Waals surface area contributed by atoms with Crippen LogP contribution in [0.3, 0.4) is 0 Å². The van der Waals surface area contributed by atoms with Crippen molar-refractivity contribution in [3.63, 3.8) is 0 Å². The number of hydrogen-bond donors (Lipinski definition) is 2. The molecule has 0 saturated heterocycles. The van der Waals surface area contributed by atoms with E-state index in [9.17, 15) is 13.2 Å². The molecule has 7 heteroatoms. The van der Waals surface area contributed by atoms with Crippen molar-refractivity contribution in [1.82, 2.24) is 4.72 Å². The second-order valence-corrected chi connectivity index (χ2v) is 4.52. The lowest BCUT2D eigenvalue weighted by atomic mass is 10.4. The molecule has 0 unspecified atom stereocenters. The number of rotatable bonds is 3. The van der Waals surface area contributed by atoms with Crippen molar-refractivity contribution in [1.29, 1.82) is 0 Å². The van der Waals surface area contributed by atoms with Crippen LogP contribution in [0.15, 0.2) is 21.5 Å². The van der Waals surface area contributed by atoms with E-state index in [0.717, 1.165) is 18.6 Å². The Morgan fingerprint density at radius 2 is 2.21 bits per heavy atom. The molecule has 0 aliphatic heterocycles. The zero-order chi connectivity index (χ0) is 10.8. The summed E-state index contributed by atoms with van der Waals surface area (Å²) in [7, 11) is -3.32. The predicted octanol–water partition coefficient (Wildman–Crippen LogP) is -0.605. The van der Waals surface area contributed by atoms with Crippen molar-refractivity contribution in [2.75, 3.05) is 6.26 Å². The highest BCUT2D eigenvalue weighted by Gasteiger charge is 2.04. The van der Waals surface area contributed by atoms with Gasteiger partial charge in [-0.2, -0.15) is 0 Å². The monoisotopic (exact) mass is 219 g/mol. The van der Waals surface area contributed by atoms with Gasteiger partial charge in [0.2, 0.25) is 15.5 Å². The molecule has 0 radical (unpaired) electrons. The number of hydrogen-bond acceptors (Lipinski definition) is 5. The van der Waals surface area contributed by atoms with Gasteiger partial charge in [-0.05, 0) is 0 Å². The summed E-state index contributed by atoms with van der Waals surface area (Å²) in [5.41, 5.74) is -0.610. The Labute approximate surface area is 80.2 Å². The van der Waals surface area contributed by atoms with Crippen LogP contribution < -0.4 is 10.2 Å². The van der Waals surface area contributed by atoms with Crippen molar-refractivity contribution in [3.05, 3.63) is 28.3 Å². The van der Waals surface area contributed by atoms with Gasteiger partial charge in [-0.3, -0.25) is 4.79 Å². The first kappa shape index (κ1) is 10.7. The third-order valence-corrected chi connectivity index (χ3v) is 2.04. The number of aromatic hydroxyl groups is 1. The van der Waals surface area contributed by atoms with Crippen LogP contribution in [-0.4, -0.2) is 19.8 Å². The molecule has 1 rings (SSSR count). The van der Waals surface area contributed by atoms with Crippen molar-refractivity contribution in [2.45, 2.75) is 6.54 Å². The van der Waals surface area contributed by atoms with E-state index in [-0.39, 0.29) is 12.3 Å². The van der Waals surface area contributed by atoms with Gasteiger partial charge in [0.05, 0.1) is 12.8 Å². The van der Waals surface area contributed by atoms with Crippen molar-refractivity contribution in [3.8, 4) is 5.75 Å². The second-order valence-electron chi connectivity index (χ2n) is 2.69. The molecule has 0 spiro atoms. The predicted molar refractivity (Wildman–Crippen MR) is 48.3 cm³/mol. The Hall–Kier alpha value is -1.34. The van der Waals surface area contributed by atoms with Crippen LogP contribution in [0, 0.1) is 0 Å². The van der Waals surface area contributed by atoms with E-state index in [0.29, 0.717) is 0 Å². The molecule has 0 atom stereocenters. The molecule has 2 N–H and O–H groups in total. The summed E-state index contributed by atoms with van der Waals surface area (Å²) in [5.74, 6) is -0.369. The van der Waals surface area contributed by atoms with Gasteiger partial charge >= 0.3 is 0 Å². The summed E-state index contributed by atoms with van der Waals surface area (Å²) in [6.45, 7) is -0.117. The smallest absolute Gasteiger partial charge is 0.226 e. The summed E-state index contributed by atoms with van der Waals surface area (Å²) >= 11 is 0. The molecule has 0 aromatic carbocycles. The van der Waals surface area contributed by atoms with Crippen molar-refractivity contribution >= 4 is 10.0 Å². The van der Waals surface area contributed by atoms with Crippen molar-refractivity contribution < 1.29 is 17.9 Å². The van der Waals surface area contributed by atoms with Crippen LogP contribution in [-0.2, 0) is 16.6 Å². The third-order valence-electron chi connectivity index (χ3n) is 1.38. The molecule has 0 aliphatic rings. The molecular weight excluding hydrogens is 210 g/mol. The Bertz CT molecular complexity index is 475. The van der Waals surface area contributed by atoms with E-state index in [4.69, 9.17) is 9.52 Å². The minimum absolute atomic E-state index is 0.117. The number of nitrogens with one attached hydrogen (secondary N) is 1. The molecule has 14 heavy (non-hydrogen) atoms. The third kappa shape index (κ3) is 3.19. The zero-order valence-electron chi connectivity index (χ0n) is 7.35. The largest absolute Gasteiger partial charge is 0.502 e. The first-order valence-corrected chi connectivity index (χ1v) is 5.53. The van der Waals surface area contributed by atoms with Crippen LogP contribution >= 0.6 is 0 Å². The quantitative estimate of drug-likeness (QED) is 0.707. The van der Waals surface area contributed by atoms with Gasteiger partial charge in [0.15, 0.2) is 5.75 Å². The standard InChI is InChI=1S/C7H9NO5S/c1-14(11,12)8-3-5-2-6(9)7(10)4-13-5/h2,4,8,10H,3H2,1H3. The molecule has 0 aliphatic carbocycles. The van der Waals surface area contributed by atoms with Crippen molar-refractivity contribution in [2.24, 2.45) is 0 Å². The van der Waals surface area contributed by atoms with E-state index in [1.165, 1.54) is 0 Å². The van der Waals surface area contributed by atoms with Gasteiger partial charge in [0.1, 0.15) is 12.0 Å². The molecule has 0 amide bonds. The average molecular weight is 219 g/mol. The Balaban J connectivity index is 2.80. The highest BCUT2D eigenvalue weighted by atomic mass is 32.2. The van der Waals surface area contributed by atoms with E-state index in [1.807, 2.05) is 0 Å². The van der Waals surface area contributed by atoms with E-state index >= 15 is 0 Å². The van der Waals surface area contributed by atoms with E-state index in [2.05, 4.69) is 4.72 Å². The fraction of sp³-hybridized carbons (Fsp3) is 0.286. The molecule has 6 nitrogen and oxygen atoms in total. The van der Waals surface area contributed by atoms with Gasteiger partial charge in [-0.1, -0.05) is 0 Å². The first-order valence-electron chi connectivity index (χ1n) is 3.64. The second kappa shape index (κ2) is 3.81. The van der Waals surface area contributed by atoms with Crippen LogP contribution in [0.25, 0.3) is 0 Å². The minimum Gasteiger partial charge on any atom is -0.502 e. The summed E-state index contributed by atoms with van der Waals surface area (Å²) in [6.07, 6.45) is 1.85. The Kier molecular flexibility index (Phi) is 2.92. The highest BCUT2D eigenvalue weighted by molar-refractivity contribution is 7.88. The summed E-state index contributed by atoms with van der Waals surface area (Å²) < 4.78 is 28.3. The van der Waals surface area contributed by atoms with Gasteiger partial charge < -0.3 is 9.52 Å². The Morgan fingerprint density at radius 3 is 2.71 bits per heavy atom. The maximum atomic E-state index is 10.9. The molecule has 1 aromatic rings. The van der Waals surface area contributed by atoms with E-state index in [1.54, 1.807) is 0 Å². The number of sulfonamides is 1. The van der Waals surface area contributed by atoms with Crippen LogP contribution in [0.5, 0.6) is 5.75 Å². The lowest BCUT2D eigenvalue weighted by molar-refractivity contribution is 0.411. The maximum Gasteiger partial charge on any atom is 0.226 e. The Morgan fingerprint density at radius 1 is 1.57 bits per heavy atom. The SMILES string of the molecule is CS(=O)(=O)NCc1cc(=O)c(O)co1.